The second-order valence-corrected chi connectivity index (χ2v) is 13.9. The van der Waals surface area contributed by atoms with E-state index in [2.05, 4.69) is 175 Å². The molecule has 242 valence electrons. The monoisotopic (exact) mass is 654 g/mol. The Morgan fingerprint density at radius 3 is 2.08 bits per heavy atom. The van der Waals surface area contributed by atoms with E-state index in [-0.39, 0.29) is 5.41 Å². The van der Waals surface area contributed by atoms with Crippen LogP contribution in [0.2, 0.25) is 0 Å². The molecule has 7 aromatic carbocycles. The predicted octanol–water partition coefficient (Wildman–Crippen LogP) is 12.2. The lowest BCUT2D eigenvalue weighted by atomic mass is 9.82. The average molecular weight is 655 g/mol. The van der Waals surface area contributed by atoms with Crippen LogP contribution in [0.15, 0.2) is 170 Å². The molecule has 0 unspecified atom stereocenters. The SMILES string of the molecule is CC1(C)c2ccccc2-c2ccc(N(c3ccccc3)c3cnc(-c4ccc5c(c4)c4c6ccccc6ccc4n5-c4ccccc4)cn3)cc21. The molecule has 0 N–H and O–H groups in total. The lowest BCUT2D eigenvalue weighted by Gasteiger charge is -2.27. The van der Waals surface area contributed by atoms with E-state index >= 15 is 0 Å². The Morgan fingerprint density at radius 1 is 0.529 bits per heavy atom. The number of nitrogens with zero attached hydrogens (tertiary/aromatic N) is 4. The molecular formula is C47H34N4. The van der Waals surface area contributed by atoms with Crippen molar-refractivity contribution in [2.45, 2.75) is 19.3 Å². The highest BCUT2D eigenvalue weighted by Gasteiger charge is 2.35. The van der Waals surface area contributed by atoms with Crippen LogP contribution in [0.5, 0.6) is 0 Å². The minimum Gasteiger partial charge on any atom is -0.309 e. The van der Waals surface area contributed by atoms with Crippen molar-refractivity contribution >= 4 is 49.8 Å². The molecule has 2 aromatic heterocycles. The molecule has 0 amide bonds. The Hall–Kier alpha value is -6.52. The lowest BCUT2D eigenvalue weighted by molar-refractivity contribution is 0.660. The maximum atomic E-state index is 5.08. The molecular weight excluding hydrogens is 621 g/mol. The van der Waals surface area contributed by atoms with Gasteiger partial charge in [0.25, 0.3) is 0 Å². The first-order chi connectivity index (χ1) is 25.1. The normalized spacial score (nSPS) is 13.1. The standard InChI is InChI=1S/C47H34N4/c1-47(2)40-20-12-11-19-37(40)38-24-23-35(28-41(38)47)50(33-14-5-3-6-15-33)45-30-48-42(29-49-45)32-22-25-43-39(27-32)46-36-18-10-9-13-31(36)21-26-44(46)51(43)34-16-7-4-8-17-34/h3-30H,1-2H3. The van der Waals surface area contributed by atoms with Crippen molar-refractivity contribution in [3.63, 3.8) is 0 Å². The Morgan fingerprint density at radius 2 is 1.25 bits per heavy atom. The number of aromatic nitrogens is 3. The van der Waals surface area contributed by atoms with Gasteiger partial charge >= 0.3 is 0 Å². The molecule has 0 fully saturated rings. The van der Waals surface area contributed by atoms with Gasteiger partial charge in [-0.2, -0.15) is 0 Å². The van der Waals surface area contributed by atoms with Gasteiger partial charge in [-0.25, -0.2) is 4.98 Å². The van der Waals surface area contributed by atoms with Crippen LogP contribution >= 0.6 is 0 Å². The number of hydrogen-bond acceptors (Lipinski definition) is 3. The van der Waals surface area contributed by atoms with Crippen molar-refractivity contribution in [3.05, 3.63) is 181 Å². The Bertz CT molecular complexity index is 2760. The molecule has 1 aliphatic carbocycles. The van der Waals surface area contributed by atoms with Gasteiger partial charge in [-0.1, -0.05) is 117 Å². The molecule has 9 aromatic rings. The summed E-state index contributed by atoms with van der Waals surface area (Å²) in [6.45, 7) is 4.64. The molecule has 10 rings (SSSR count). The molecule has 0 saturated heterocycles. The minimum atomic E-state index is -0.104. The largest absolute Gasteiger partial charge is 0.309 e. The number of rotatable bonds is 5. The molecule has 1 aliphatic rings. The molecule has 0 saturated carbocycles. The van der Waals surface area contributed by atoms with E-state index in [1.165, 1.54) is 49.3 Å². The molecule has 0 spiro atoms. The Kier molecular flexibility index (Phi) is 6.49. The van der Waals surface area contributed by atoms with Crippen LogP contribution in [-0.4, -0.2) is 14.5 Å². The van der Waals surface area contributed by atoms with E-state index in [9.17, 15) is 0 Å². The van der Waals surface area contributed by atoms with Crippen LogP contribution in [0, 0.1) is 0 Å². The van der Waals surface area contributed by atoms with Crippen molar-refractivity contribution in [3.8, 4) is 28.1 Å². The van der Waals surface area contributed by atoms with Gasteiger partial charge in [-0.15, -0.1) is 0 Å². The third kappa shape index (κ3) is 4.53. The summed E-state index contributed by atoms with van der Waals surface area (Å²) >= 11 is 0. The van der Waals surface area contributed by atoms with Gasteiger partial charge in [0.15, 0.2) is 5.82 Å². The van der Waals surface area contributed by atoms with Gasteiger partial charge in [0.2, 0.25) is 0 Å². The van der Waals surface area contributed by atoms with E-state index in [1.54, 1.807) is 0 Å². The number of anilines is 3. The van der Waals surface area contributed by atoms with Crippen molar-refractivity contribution in [1.82, 2.24) is 14.5 Å². The van der Waals surface area contributed by atoms with Crippen molar-refractivity contribution in [2.24, 2.45) is 0 Å². The van der Waals surface area contributed by atoms with Crippen LogP contribution < -0.4 is 4.90 Å². The van der Waals surface area contributed by atoms with Crippen LogP contribution in [-0.2, 0) is 5.41 Å². The van der Waals surface area contributed by atoms with Crippen LogP contribution in [0.3, 0.4) is 0 Å². The number of hydrogen-bond donors (Lipinski definition) is 0. The van der Waals surface area contributed by atoms with Gasteiger partial charge < -0.3 is 4.57 Å². The highest BCUT2D eigenvalue weighted by molar-refractivity contribution is 6.21. The van der Waals surface area contributed by atoms with Gasteiger partial charge in [-0.05, 0) is 87.6 Å². The summed E-state index contributed by atoms with van der Waals surface area (Å²) in [4.78, 5) is 12.3. The van der Waals surface area contributed by atoms with E-state index in [4.69, 9.17) is 9.97 Å². The summed E-state index contributed by atoms with van der Waals surface area (Å²) in [5.74, 6) is 0.769. The van der Waals surface area contributed by atoms with Gasteiger partial charge in [0.05, 0.1) is 29.1 Å². The van der Waals surface area contributed by atoms with Crippen molar-refractivity contribution < 1.29 is 0 Å². The van der Waals surface area contributed by atoms with E-state index in [1.807, 2.05) is 18.5 Å². The predicted molar refractivity (Wildman–Crippen MR) is 212 cm³/mol. The molecule has 2 heterocycles. The third-order valence-electron chi connectivity index (χ3n) is 10.7. The number of benzene rings is 7. The summed E-state index contributed by atoms with van der Waals surface area (Å²) < 4.78 is 2.36. The summed E-state index contributed by atoms with van der Waals surface area (Å²) in [5, 5.41) is 4.91. The van der Waals surface area contributed by atoms with E-state index in [0.29, 0.717) is 0 Å². The van der Waals surface area contributed by atoms with Gasteiger partial charge in [0.1, 0.15) is 0 Å². The Balaban J connectivity index is 1.10. The first-order valence-electron chi connectivity index (χ1n) is 17.5. The quantitative estimate of drug-likeness (QED) is 0.185. The fourth-order valence-corrected chi connectivity index (χ4v) is 8.21. The molecule has 51 heavy (non-hydrogen) atoms. The molecule has 4 nitrogen and oxygen atoms in total. The van der Waals surface area contributed by atoms with Gasteiger partial charge in [0, 0.05) is 38.8 Å². The van der Waals surface area contributed by atoms with Crippen molar-refractivity contribution in [2.75, 3.05) is 4.90 Å². The lowest BCUT2D eigenvalue weighted by Crippen LogP contribution is -2.17. The van der Waals surface area contributed by atoms with Crippen LogP contribution in [0.1, 0.15) is 25.0 Å². The first-order valence-corrected chi connectivity index (χ1v) is 17.5. The summed E-state index contributed by atoms with van der Waals surface area (Å²) in [7, 11) is 0. The van der Waals surface area contributed by atoms with Crippen molar-refractivity contribution in [1.29, 1.82) is 0 Å². The fraction of sp³-hybridized carbons (Fsp3) is 0.0638. The smallest absolute Gasteiger partial charge is 0.156 e. The van der Waals surface area contributed by atoms with E-state index in [0.717, 1.165) is 39.7 Å². The zero-order valence-electron chi connectivity index (χ0n) is 28.5. The zero-order valence-corrected chi connectivity index (χ0v) is 28.5. The highest BCUT2D eigenvalue weighted by Crippen LogP contribution is 2.50. The van der Waals surface area contributed by atoms with Crippen LogP contribution in [0.25, 0.3) is 60.6 Å². The Labute approximate surface area is 296 Å². The summed E-state index contributed by atoms with van der Waals surface area (Å²) in [6.07, 6.45) is 3.82. The second kappa shape index (κ2) is 11.3. The van der Waals surface area contributed by atoms with Crippen LogP contribution in [0.4, 0.5) is 17.2 Å². The first kappa shape index (κ1) is 29.4. The molecule has 0 atom stereocenters. The summed E-state index contributed by atoms with van der Waals surface area (Å²) in [6, 6.07) is 56.4. The minimum absolute atomic E-state index is 0.104. The molecule has 0 aliphatic heterocycles. The fourth-order valence-electron chi connectivity index (χ4n) is 8.21. The third-order valence-corrected chi connectivity index (χ3v) is 10.7. The maximum Gasteiger partial charge on any atom is 0.156 e. The highest BCUT2D eigenvalue weighted by atomic mass is 15.2. The maximum absolute atomic E-state index is 5.08. The zero-order chi connectivity index (χ0) is 34.1. The number of fused-ring (bicyclic) bond motifs is 8. The number of para-hydroxylation sites is 2. The molecule has 0 bridgehead atoms. The second-order valence-electron chi connectivity index (χ2n) is 13.9. The molecule has 4 heteroatoms. The average Bonchev–Trinajstić information content (AvgIpc) is 3.64. The van der Waals surface area contributed by atoms with Gasteiger partial charge in [-0.3, -0.25) is 9.88 Å². The topological polar surface area (TPSA) is 34.0 Å². The molecule has 0 radical (unpaired) electrons. The summed E-state index contributed by atoms with van der Waals surface area (Å²) in [5.41, 5.74) is 12.7. The van der Waals surface area contributed by atoms with E-state index < -0.39 is 0 Å².